The van der Waals surface area contributed by atoms with Crippen molar-refractivity contribution in [1.82, 2.24) is 0 Å². The molecule has 0 aromatic heterocycles. The largest absolute Gasteiger partial charge is 0.507 e. The van der Waals surface area contributed by atoms with E-state index in [0.29, 0.717) is 16.9 Å². The van der Waals surface area contributed by atoms with Crippen LogP contribution in [-0.2, 0) is 4.79 Å². The summed E-state index contributed by atoms with van der Waals surface area (Å²) in [6.07, 6.45) is 0. The van der Waals surface area contributed by atoms with Gasteiger partial charge in [0.1, 0.15) is 11.5 Å². The van der Waals surface area contributed by atoms with Gasteiger partial charge in [0, 0.05) is 18.6 Å². The second-order valence-corrected chi connectivity index (χ2v) is 3.27. The minimum atomic E-state index is -0.366. The van der Waals surface area contributed by atoms with Crippen molar-refractivity contribution in [2.75, 3.05) is 0 Å². The standard InChI is InChI=1S/C11H13O3/c1-6-5-10(13)7(2)8(3)11(6)14-9(4)12/h13H,1-4H3. The van der Waals surface area contributed by atoms with Gasteiger partial charge >= 0.3 is 5.97 Å². The smallest absolute Gasteiger partial charge is 0.308 e. The van der Waals surface area contributed by atoms with Crippen molar-refractivity contribution in [2.45, 2.75) is 27.7 Å². The molecule has 3 heteroatoms. The van der Waals surface area contributed by atoms with Crippen LogP contribution in [0.2, 0.25) is 0 Å². The highest BCUT2D eigenvalue weighted by atomic mass is 16.5. The van der Waals surface area contributed by atoms with E-state index in [9.17, 15) is 9.90 Å². The Hall–Kier alpha value is -1.51. The maximum Gasteiger partial charge on any atom is 0.308 e. The molecule has 0 unspecified atom stereocenters. The first-order chi connectivity index (χ1) is 6.43. The number of benzene rings is 1. The number of carbonyl (C=O) groups excluding carboxylic acids is 1. The molecule has 0 heterocycles. The molecular weight excluding hydrogens is 180 g/mol. The van der Waals surface area contributed by atoms with Crippen molar-refractivity contribution in [3.05, 3.63) is 22.8 Å². The minimum absolute atomic E-state index is 0.107. The van der Waals surface area contributed by atoms with Crippen LogP contribution < -0.4 is 4.74 Å². The lowest BCUT2D eigenvalue weighted by Crippen LogP contribution is -2.05. The fourth-order valence-corrected chi connectivity index (χ4v) is 1.25. The van der Waals surface area contributed by atoms with E-state index in [0.717, 1.165) is 5.56 Å². The van der Waals surface area contributed by atoms with Crippen molar-refractivity contribution < 1.29 is 14.6 Å². The lowest BCUT2D eigenvalue weighted by atomic mass is 10.0. The average Bonchev–Trinajstić information content (AvgIpc) is 2.09. The molecule has 1 radical (unpaired) electrons. The van der Waals surface area contributed by atoms with Gasteiger partial charge in [0.25, 0.3) is 0 Å². The Balaban J connectivity index is 3.29. The van der Waals surface area contributed by atoms with E-state index < -0.39 is 0 Å². The zero-order chi connectivity index (χ0) is 10.9. The van der Waals surface area contributed by atoms with Crippen molar-refractivity contribution in [3.8, 4) is 11.5 Å². The molecule has 1 aromatic rings. The van der Waals surface area contributed by atoms with Crippen LogP contribution in [-0.4, -0.2) is 11.1 Å². The molecule has 1 aromatic carbocycles. The van der Waals surface area contributed by atoms with Crippen LogP contribution in [0.3, 0.4) is 0 Å². The average molecular weight is 193 g/mol. The lowest BCUT2D eigenvalue weighted by molar-refractivity contribution is -0.131. The normalized spacial score (nSPS) is 10.0. The van der Waals surface area contributed by atoms with Gasteiger partial charge in [0.2, 0.25) is 0 Å². The van der Waals surface area contributed by atoms with Gasteiger partial charge in [-0.15, -0.1) is 0 Å². The van der Waals surface area contributed by atoms with Crippen molar-refractivity contribution >= 4 is 5.97 Å². The first-order valence-corrected chi connectivity index (χ1v) is 4.34. The van der Waals surface area contributed by atoms with E-state index in [1.54, 1.807) is 20.8 Å². The van der Waals surface area contributed by atoms with Gasteiger partial charge < -0.3 is 9.84 Å². The maximum absolute atomic E-state index is 10.8. The van der Waals surface area contributed by atoms with Crippen LogP contribution in [0.1, 0.15) is 23.6 Å². The predicted octanol–water partition coefficient (Wildman–Crippen LogP) is 2.04. The third-order valence-corrected chi connectivity index (χ3v) is 2.15. The van der Waals surface area contributed by atoms with E-state index >= 15 is 0 Å². The molecule has 0 fully saturated rings. The first kappa shape index (κ1) is 10.6. The predicted molar refractivity (Wildman–Crippen MR) is 52.5 cm³/mol. The highest BCUT2D eigenvalue weighted by Crippen LogP contribution is 2.31. The van der Waals surface area contributed by atoms with Crippen molar-refractivity contribution in [2.24, 2.45) is 0 Å². The van der Waals surface area contributed by atoms with Crippen molar-refractivity contribution in [3.63, 3.8) is 0 Å². The van der Waals surface area contributed by atoms with Crippen LogP contribution in [0.25, 0.3) is 0 Å². The second kappa shape index (κ2) is 3.70. The van der Waals surface area contributed by atoms with Crippen LogP contribution in [0.5, 0.6) is 11.5 Å². The fourth-order valence-electron chi connectivity index (χ4n) is 1.25. The quantitative estimate of drug-likeness (QED) is 0.548. The Morgan fingerprint density at radius 2 is 1.86 bits per heavy atom. The van der Waals surface area contributed by atoms with Gasteiger partial charge in [0.15, 0.2) is 0 Å². The third kappa shape index (κ3) is 1.87. The van der Waals surface area contributed by atoms with Gasteiger partial charge in [-0.05, 0) is 31.9 Å². The van der Waals surface area contributed by atoms with E-state index in [-0.39, 0.29) is 11.7 Å². The Morgan fingerprint density at radius 3 is 2.36 bits per heavy atom. The summed E-state index contributed by atoms with van der Waals surface area (Å²) in [5.41, 5.74) is 2.10. The Kier molecular flexibility index (Phi) is 2.79. The molecule has 0 saturated carbocycles. The van der Waals surface area contributed by atoms with Gasteiger partial charge in [0.05, 0.1) is 0 Å². The molecule has 1 N–H and O–H groups in total. The Morgan fingerprint density at radius 1 is 1.29 bits per heavy atom. The molecule has 14 heavy (non-hydrogen) atoms. The number of ether oxygens (including phenoxy) is 1. The first-order valence-electron chi connectivity index (χ1n) is 4.34. The summed E-state index contributed by atoms with van der Waals surface area (Å²) >= 11 is 0. The number of esters is 1. The molecule has 0 bridgehead atoms. The number of phenols is 1. The number of aryl methyl sites for hydroxylation is 1. The zero-order valence-electron chi connectivity index (χ0n) is 8.76. The molecule has 0 aliphatic carbocycles. The van der Waals surface area contributed by atoms with Gasteiger partial charge in [-0.2, -0.15) is 0 Å². The molecule has 0 aliphatic heterocycles. The minimum Gasteiger partial charge on any atom is -0.507 e. The number of carbonyl (C=O) groups is 1. The monoisotopic (exact) mass is 193 g/mol. The third-order valence-electron chi connectivity index (χ3n) is 2.15. The summed E-state index contributed by atoms with van der Waals surface area (Å²) in [6, 6.07) is 2.73. The number of hydrogen-bond donors (Lipinski definition) is 1. The van der Waals surface area contributed by atoms with Crippen LogP contribution in [0.15, 0.2) is 0 Å². The van der Waals surface area contributed by atoms with Gasteiger partial charge in [-0.3, -0.25) is 4.79 Å². The summed E-state index contributed by atoms with van der Waals surface area (Å²) in [7, 11) is 0. The summed E-state index contributed by atoms with van der Waals surface area (Å²) in [5.74, 6) is 0.235. The topological polar surface area (TPSA) is 46.5 Å². The SMILES string of the molecule is CC(=O)Oc1c(C)[c]c(O)c(C)c1C. The van der Waals surface area contributed by atoms with Crippen molar-refractivity contribution in [1.29, 1.82) is 0 Å². The van der Waals surface area contributed by atoms with E-state index in [1.165, 1.54) is 6.92 Å². The Bertz CT molecular complexity index is 381. The lowest BCUT2D eigenvalue weighted by Gasteiger charge is -2.12. The van der Waals surface area contributed by atoms with Crippen LogP contribution in [0.4, 0.5) is 0 Å². The molecule has 0 saturated heterocycles. The van der Waals surface area contributed by atoms with E-state index in [4.69, 9.17) is 4.74 Å². The molecule has 0 spiro atoms. The number of phenolic OH excluding ortho intramolecular Hbond substituents is 1. The molecular formula is C11H13O3. The molecule has 1 rings (SSSR count). The van der Waals surface area contributed by atoms with E-state index in [1.807, 2.05) is 0 Å². The van der Waals surface area contributed by atoms with E-state index in [2.05, 4.69) is 6.07 Å². The highest BCUT2D eigenvalue weighted by molar-refractivity contribution is 5.71. The molecule has 0 aliphatic rings. The summed E-state index contributed by atoms with van der Waals surface area (Å²) in [6.45, 7) is 6.65. The number of hydrogen-bond acceptors (Lipinski definition) is 3. The number of rotatable bonds is 1. The van der Waals surface area contributed by atoms with Gasteiger partial charge in [-0.25, -0.2) is 0 Å². The van der Waals surface area contributed by atoms with Gasteiger partial charge in [-0.1, -0.05) is 0 Å². The van der Waals surface area contributed by atoms with Crippen LogP contribution >= 0.6 is 0 Å². The highest BCUT2D eigenvalue weighted by Gasteiger charge is 2.12. The summed E-state index contributed by atoms with van der Waals surface area (Å²) in [5, 5.41) is 9.44. The molecule has 0 amide bonds. The second-order valence-electron chi connectivity index (χ2n) is 3.27. The Labute approximate surface area is 83.3 Å². The summed E-state index contributed by atoms with van der Waals surface area (Å²) < 4.78 is 5.03. The molecule has 75 valence electrons. The maximum atomic E-state index is 10.8. The van der Waals surface area contributed by atoms with Crippen LogP contribution in [0, 0.1) is 26.8 Å². The number of aromatic hydroxyl groups is 1. The fraction of sp³-hybridized carbons (Fsp3) is 0.364. The zero-order valence-corrected chi connectivity index (χ0v) is 8.76. The molecule has 0 atom stereocenters. The molecule has 3 nitrogen and oxygen atoms in total. The summed E-state index contributed by atoms with van der Waals surface area (Å²) in [4.78, 5) is 10.8.